The summed E-state index contributed by atoms with van der Waals surface area (Å²) in [6.07, 6.45) is 5.32. The Morgan fingerprint density at radius 2 is 2.14 bits per heavy atom. The summed E-state index contributed by atoms with van der Waals surface area (Å²) >= 11 is 0. The van der Waals surface area contributed by atoms with Crippen molar-refractivity contribution in [1.29, 1.82) is 0 Å². The van der Waals surface area contributed by atoms with Crippen molar-refractivity contribution in [3.8, 4) is 5.69 Å². The number of benzene rings is 1. The summed E-state index contributed by atoms with van der Waals surface area (Å²) in [4.78, 5) is 4.18. The van der Waals surface area contributed by atoms with Gasteiger partial charge in [-0.05, 0) is 42.0 Å². The molecule has 7 heteroatoms. The van der Waals surface area contributed by atoms with Crippen molar-refractivity contribution in [2.45, 2.75) is 26.9 Å². The number of aromatic nitrogens is 6. The highest BCUT2D eigenvalue weighted by Gasteiger charge is 2.05. The van der Waals surface area contributed by atoms with Crippen LogP contribution in [0.25, 0.3) is 5.69 Å². The number of hydrogen-bond donors (Lipinski definition) is 1. The van der Waals surface area contributed by atoms with E-state index < -0.39 is 0 Å². The number of anilines is 1. The molecular formula is C14H17N7. The topological polar surface area (TPSA) is 73.5 Å². The maximum atomic E-state index is 4.18. The van der Waals surface area contributed by atoms with E-state index in [2.05, 4.69) is 50.3 Å². The average molecular weight is 283 g/mol. The van der Waals surface area contributed by atoms with E-state index in [0.29, 0.717) is 0 Å². The lowest BCUT2D eigenvalue weighted by Gasteiger charge is -2.12. The standard InChI is InChI=1S/C14H17N7/c1-3-20-9-15-7-13(20)8-16-14-6-12(5-4-11(14)2)21-10-17-18-19-21/h4-7,9-10,16H,3,8H2,1-2H3. The van der Waals surface area contributed by atoms with Crippen LogP contribution in [0.2, 0.25) is 0 Å². The fourth-order valence-corrected chi connectivity index (χ4v) is 2.19. The van der Waals surface area contributed by atoms with E-state index in [1.165, 1.54) is 5.56 Å². The van der Waals surface area contributed by atoms with Crippen molar-refractivity contribution in [3.05, 3.63) is 48.3 Å². The van der Waals surface area contributed by atoms with Crippen LogP contribution >= 0.6 is 0 Å². The van der Waals surface area contributed by atoms with Crippen molar-refractivity contribution in [1.82, 2.24) is 29.8 Å². The second-order valence-corrected chi connectivity index (χ2v) is 4.78. The summed E-state index contributed by atoms with van der Waals surface area (Å²) in [5.74, 6) is 0. The molecule has 0 aliphatic heterocycles. The molecule has 0 saturated heterocycles. The second kappa shape index (κ2) is 5.74. The van der Waals surface area contributed by atoms with Crippen LogP contribution in [0.3, 0.4) is 0 Å². The predicted molar refractivity (Wildman–Crippen MR) is 79.1 cm³/mol. The van der Waals surface area contributed by atoms with Gasteiger partial charge < -0.3 is 9.88 Å². The number of imidazole rings is 1. The van der Waals surface area contributed by atoms with Crippen LogP contribution in [-0.4, -0.2) is 29.8 Å². The van der Waals surface area contributed by atoms with Crippen LogP contribution in [-0.2, 0) is 13.1 Å². The summed E-state index contributed by atoms with van der Waals surface area (Å²) in [7, 11) is 0. The highest BCUT2D eigenvalue weighted by atomic mass is 15.5. The average Bonchev–Trinajstić information content (AvgIpc) is 3.17. The molecule has 108 valence electrons. The van der Waals surface area contributed by atoms with E-state index in [-0.39, 0.29) is 0 Å². The van der Waals surface area contributed by atoms with Crippen LogP contribution in [0.1, 0.15) is 18.2 Å². The summed E-state index contributed by atoms with van der Waals surface area (Å²) < 4.78 is 3.76. The van der Waals surface area contributed by atoms with E-state index in [1.807, 2.05) is 24.7 Å². The molecule has 7 nitrogen and oxygen atoms in total. The third kappa shape index (κ3) is 2.76. The van der Waals surface area contributed by atoms with Crippen LogP contribution in [0, 0.1) is 6.92 Å². The Labute approximate surface area is 122 Å². The van der Waals surface area contributed by atoms with Gasteiger partial charge in [-0.1, -0.05) is 6.07 Å². The van der Waals surface area contributed by atoms with Gasteiger partial charge in [0.25, 0.3) is 0 Å². The second-order valence-electron chi connectivity index (χ2n) is 4.78. The van der Waals surface area contributed by atoms with E-state index in [4.69, 9.17) is 0 Å². The zero-order chi connectivity index (χ0) is 14.7. The van der Waals surface area contributed by atoms with Gasteiger partial charge in [0.05, 0.1) is 24.3 Å². The first-order chi connectivity index (χ1) is 10.3. The maximum absolute atomic E-state index is 4.18. The molecule has 0 aliphatic carbocycles. The molecule has 0 spiro atoms. The van der Waals surface area contributed by atoms with Crippen molar-refractivity contribution in [3.63, 3.8) is 0 Å². The highest BCUT2D eigenvalue weighted by Crippen LogP contribution is 2.19. The molecule has 3 aromatic rings. The largest absolute Gasteiger partial charge is 0.379 e. The third-order valence-electron chi connectivity index (χ3n) is 3.43. The molecule has 0 saturated carbocycles. The minimum Gasteiger partial charge on any atom is -0.379 e. The van der Waals surface area contributed by atoms with Gasteiger partial charge in [-0.25, -0.2) is 9.67 Å². The molecular weight excluding hydrogens is 266 g/mol. The molecule has 0 fully saturated rings. The van der Waals surface area contributed by atoms with Crippen LogP contribution in [0.15, 0.2) is 37.1 Å². The monoisotopic (exact) mass is 283 g/mol. The minimum atomic E-state index is 0.730. The molecule has 0 atom stereocenters. The molecule has 1 aromatic carbocycles. The molecule has 21 heavy (non-hydrogen) atoms. The summed E-state index contributed by atoms with van der Waals surface area (Å²) in [6, 6.07) is 6.09. The lowest BCUT2D eigenvalue weighted by molar-refractivity contribution is 0.719. The predicted octanol–water partition coefficient (Wildman–Crippen LogP) is 1.80. The molecule has 0 radical (unpaired) electrons. The molecule has 0 aliphatic rings. The molecule has 0 bridgehead atoms. The lowest BCUT2D eigenvalue weighted by Crippen LogP contribution is -2.07. The highest BCUT2D eigenvalue weighted by molar-refractivity contribution is 5.56. The summed E-state index contributed by atoms with van der Waals surface area (Å²) in [5.41, 5.74) is 4.32. The van der Waals surface area contributed by atoms with Crippen LogP contribution < -0.4 is 5.32 Å². The van der Waals surface area contributed by atoms with Gasteiger partial charge in [0, 0.05) is 18.4 Å². The summed E-state index contributed by atoms with van der Waals surface area (Å²) in [5, 5.41) is 14.7. The Bertz CT molecular complexity index is 715. The van der Waals surface area contributed by atoms with Crippen molar-refractivity contribution in [2.24, 2.45) is 0 Å². The Balaban J connectivity index is 1.80. The van der Waals surface area contributed by atoms with Gasteiger partial charge in [0.1, 0.15) is 6.33 Å². The Kier molecular flexibility index (Phi) is 3.63. The van der Waals surface area contributed by atoms with E-state index in [9.17, 15) is 0 Å². The van der Waals surface area contributed by atoms with E-state index in [1.54, 1.807) is 11.0 Å². The quantitative estimate of drug-likeness (QED) is 0.773. The first-order valence-corrected chi connectivity index (χ1v) is 6.85. The van der Waals surface area contributed by atoms with Gasteiger partial charge in [-0.3, -0.25) is 0 Å². The van der Waals surface area contributed by atoms with E-state index in [0.717, 1.165) is 30.2 Å². The number of tetrazole rings is 1. The molecule has 0 unspecified atom stereocenters. The lowest BCUT2D eigenvalue weighted by atomic mass is 10.2. The first-order valence-electron chi connectivity index (χ1n) is 6.85. The molecule has 1 N–H and O–H groups in total. The SMILES string of the molecule is CCn1cncc1CNc1cc(-n2cnnn2)ccc1C. The minimum absolute atomic E-state index is 0.730. The van der Waals surface area contributed by atoms with Gasteiger partial charge in [0.15, 0.2) is 0 Å². The Morgan fingerprint density at radius 3 is 2.90 bits per heavy atom. The fraction of sp³-hybridized carbons (Fsp3) is 0.286. The zero-order valence-electron chi connectivity index (χ0n) is 12.1. The summed E-state index contributed by atoms with van der Waals surface area (Å²) in [6.45, 7) is 5.83. The van der Waals surface area contributed by atoms with Gasteiger partial charge in [0.2, 0.25) is 0 Å². The van der Waals surface area contributed by atoms with Gasteiger partial charge >= 0.3 is 0 Å². The first kappa shape index (κ1) is 13.3. The maximum Gasteiger partial charge on any atom is 0.143 e. The van der Waals surface area contributed by atoms with Crippen molar-refractivity contribution in [2.75, 3.05) is 5.32 Å². The Hall–Kier alpha value is -2.70. The molecule has 2 aromatic heterocycles. The number of nitrogens with one attached hydrogen (secondary N) is 1. The number of aryl methyl sites for hydroxylation is 2. The number of nitrogens with zero attached hydrogens (tertiary/aromatic N) is 6. The van der Waals surface area contributed by atoms with Crippen LogP contribution in [0.4, 0.5) is 5.69 Å². The van der Waals surface area contributed by atoms with E-state index >= 15 is 0 Å². The molecule has 2 heterocycles. The van der Waals surface area contributed by atoms with Gasteiger partial charge in [-0.2, -0.15) is 0 Å². The number of rotatable bonds is 5. The fourth-order valence-electron chi connectivity index (χ4n) is 2.19. The third-order valence-corrected chi connectivity index (χ3v) is 3.43. The Morgan fingerprint density at radius 1 is 1.24 bits per heavy atom. The van der Waals surface area contributed by atoms with Crippen LogP contribution in [0.5, 0.6) is 0 Å². The molecule has 0 amide bonds. The van der Waals surface area contributed by atoms with Gasteiger partial charge in [-0.15, -0.1) is 5.10 Å². The molecule has 3 rings (SSSR count). The number of hydrogen-bond acceptors (Lipinski definition) is 5. The zero-order valence-corrected chi connectivity index (χ0v) is 12.1. The van der Waals surface area contributed by atoms with Crippen molar-refractivity contribution >= 4 is 5.69 Å². The van der Waals surface area contributed by atoms with Crippen molar-refractivity contribution < 1.29 is 0 Å². The smallest absolute Gasteiger partial charge is 0.143 e. The normalized spacial score (nSPS) is 10.8.